The fourth-order valence-corrected chi connectivity index (χ4v) is 2.26. The fraction of sp³-hybridized carbons (Fsp3) is 0.353. The molecule has 0 aliphatic heterocycles. The lowest BCUT2D eigenvalue weighted by Gasteiger charge is -2.12. The number of H-pyrrole nitrogens is 1. The van der Waals surface area contributed by atoms with E-state index >= 15 is 0 Å². The van der Waals surface area contributed by atoms with Gasteiger partial charge in [0.15, 0.2) is 0 Å². The highest BCUT2D eigenvalue weighted by Gasteiger charge is 2.04. The smallest absolute Gasteiger partial charge is 0.328 e. The van der Waals surface area contributed by atoms with Gasteiger partial charge in [0.1, 0.15) is 6.54 Å². The first-order valence-electron chi connectivity index (χ1n) is 7.78. The number of hydrogen-bond donors (Lipinski definition) is 2. The average molecular weight is 330 g/mol. The first kappa shape index (κ1) is 17.5. The number of rotatable bonds is 7. The number of carbonyl (C=O) groups excluding carboxylic acids is 1. The van der Waals surface area contributed by atoms with E-state index in [9.17, 15) is 14.4 Å². The van der Waals surface area contributed by atoms with Gasteiger partial charge in [-0.3, -0.25) is 19.1 Å². The zero-order valence-corrected chi connectivity index (χ0v) is 13.9. The van der Waals surface area contributed by atoms with Crippen LogP contribution in [0.15, 0.2) is 46.1 Å². The van der Waals surface area contributed by atoms with Gasteiger partial charge in [0.05, 0.1) is 0 Å². The molecule has 0 aliphatic rings. The molecule has 2 rings (SSSR count). The molecule has 0 unspecified atom stereocenters. The molecule has 0 saturated carbocycles. The van der Waals surface area contributed by atoms with Gasteiger partial charge in [-0.25, -0.2) is 4.79 Å². The van der Waals surface area contributed by atoms with Crippen LogP contribution in [0.1, 0.15) is 12.0 Å². The molecule has 7 heteroatoms. The first-order valence-corrected chi connectivity index (χ1v) is 7.78. The van der Waals surface area contributed by atoms with Crippen molar-refractivity contribution >= 4 is 11.6 Å². The van der Waals surface area contributed by atoms with Crippen LogP contribution in [0.2, 0.25) is 0 Å². The van der Waals surface area contributed by atoms with E-state index in [1.165, 1.54) is 17.8 Å². The Hall–Kier alpha value is -2.83. The molecule has 0 radical (unpaired) electrons. The van der Waals surface area contributed by atoms with Crippen molar-refractivity contribution in [2.75, 3.05) is 25.5 Å². The SMILES string of the molecule is CN(C)c1ccc(CCCNC(=O)Cn2ccc(=O)[nH]c2=O)cc1. The lowest BCUT2D eigenvalue weighted by Crippen LogP contribution is -2.35. The van der Waals surface area contributed by atoms with Crippen molar-refractivity contribution in [1.29, 1.82) is 0 Å². The largest absolute Gasteiger partial charge is 0.378 e. The van der Waals surface area contributed by atoms with E-state index in [1.807, 2.05) is 19.0 Å². The average Bonchev–Trinajstić information content (AvgIpc) is 2.55. The van der Waals surface area contributed by atoms with Crippen molar-refractivity contribution in [2.24, 2.45) is 0 Å². The van der Waals surface area contributed by atoms with Gasteiger partial charge in [-0.05, 0) is 30.5 Å². The molecule has 2 N–H and O–H groups in total. The Kier molecular flexibility index (Phi) is 5.95. The standard InChI is InChI=1S/C17H22N4O3/c1-20(2)14-7-5-13(6-8-14)4-3-10-18-16(23)12-21-11-9-15(22)19-17(21)24/h5-9,11H,3-4,10,12H2,1-2H3,(H,18,23)(H,19,22,24). The van der Waals surface area contributed by atoms with E-state index in [0.717, 1.165) is 23.1 Å². The van der Waals surface area contributed by atoms with E-state index in [4.69, 9.17) is 0 Å². The summed E-state index contributed by atoms with van der Waals surface area (Å²) in [6.45, 7) is 0.430. The molecule has 0 aliphatic carbocycles. The maximum Gasteiger partial charge on any atom is 0.328 e. The van der Waals surface area contributed by atoms with E-state index in [-0.39, 0.29) is 12.5 Å². The van der Waals surface area contributed by atoms with Crippen molar-refractivity contribution in [3.63, 3.8) is 0 Å². The number of aryl methyl sites for hydroxylation is 1. The summed E-state index contributed by atoms with van der Waals surface area (Å²) in [7, 11) is 4.00. The van der Waals surface area contributed by atoms with Crippen LogP contribution >= 0.6 is 0 Å². The second kappa shape index (κ2) is 8.14. The fourth-order valence-electron chi connectivity index (χ4n) is 2.26. The molecule has 1 aromatic heterocycles. The summed E-state index contributed by atoms with van der Waals surface area (Å²) in [6, 6.07) is 9.51. The number of amides is 1. The van der Waals surface area contributed by atoms with Crippen LogP contribution in [0.25, 0.3) is 0 Å². The van der Waals surface area contributed by atoms with Crippen LogP contribution in [0.3, 0.4) is 0 Å². The van der Waals surface area contributed by atoms with Gasteiger partial charge in [0.2, 0.25) is 5.91 Å². The Morgan fingerprint density at radius 2 is 1.88 bits per heavy atom. The number of carbonyl (C=O) groups is 1. The van der Waals surface area contributed by atoms with E-state index < -0.39 is 11.2 Å². The van der Waals surface area contributed by atoms with Crippen LogP contribution in [-0.2, 0) is 17.8 Å². The van der Waals surface area contributed by atoms with Crippen molar-refractivity contribution in [3.05, 3.63) is 62.9 Å². The summed E-state index contributed by atoms with van der Waals surface area (Å²) < 4.78 is 1.16. The Morgan fingerprint density at radius 1 is 1.17 bits per heavy atom. The maximum atomic E-state index is 11.8. The summed E-state index contributed by atoms with van der Waals surface area (Å²) in [5.74, 6) is -0.257. The lowest BCUT2D eigenvalue weighted by atomic mass is 10.1. The van der Waals surface area contributed by atoms with Crippen molar-refractivity contribution in [3.8, 4) is 0 Å². The number of nitrogens with zero attached hydrogens (tertiary/aromatic N) is 2. The van der Waals surface area contributed by atoms with Crippen LogP contribution in [-0.4, -0.2) is 36.1 Å². The van der Waals surface area contributed by atoms with Crippen LogP contribution in [0.4, 0.5) is 5.69 Å². The summed E-state index contributed by atoms with van der Waals surface area (Å²) in [4.78, 5) is 38.4. The number of aromatic nitrogens is 2. The third kappa shape index (κ3) is 5.12. The monoisotopic (exact) mass is 330 g/mol. The van der Waals surface area contributed by atoms with Gasteiger partial charge >= 0.3 is 5.69 Å². The first-order chi connectivity index (χ1) is 11.5. The molecule has 1 aromatic carbocycles. The number of hydrogen-bond acceptors (Lipinski definition) is 4. The molecule has 1 amide bonds. The Labute approximate surface area is 139 Å². The second-order valence-corrected chi connectivity index (χ2v) is 5.75. The normalized spacial score (nSPS) is 10.4. The molecule has 128 valence electrons. The molecule has 2 aromatic rings. The van der Waals surface area contributed by atoms with Crippen LogP contribution < -0.4 is 21.5 Å². The molecule has 0 atom stereocenters. The molecule has 0 saturated heterocycles. The quantitative estimate of drug-likeness (QED) is 0.717. The highest BCUT2D eigenvalue weighted by atomic mass is 16.2. The number of aromatic amines is 1. The highest BCUT2D eigenvalue weighted by Crippen LogP contribution is 2.13. The zero-order chi connectivity index (χ0) is 17.5. The predicted molar refractivity (Wildman–Crippen MR) is 93.4 cm³/mol. The zero-order valence-electron chi connectivity index (χ0n) is 13.9. The van der Waals surface area contributed by atoms with Gasteiger partial charge < -0.3 is 10.2 Å². The Morgan fingerprint density at radius 3 is 2.50 bits per heavy atom. The summed E-state index contributed by atoms with van der Waals surface area (Å²) in [6.07, 6.45) is 2.99. The predicted octanol–water partition coefficient (Wildman–Crippen LogP) is 0.352. The van der Waals surface area contributed by atoms with E-state index in [2.05, 4.69) is 34.6 Å². The highest BCUT2D eigenvalue weighted by molar-refractivity contribution is 5.75. The minimum atomic E-state index is -0.585. The summed E-state index contributed by atoms with van der Waals surface area (Å²) >= 11 is 0. The molecule has 0 fully saturated rings. The van der Waals surface area contributed by atoms with Gasteiger partial charge in [0, 0.05) is 38.6 Å². The van der Waals surface area contributed by atoms with Gasteiger partial charge in [-0.1, -0.05) is 12.1 Å². The topological polar surface area (TPSA) is 87.2 Å². The minimum absolute atomic E-state index is 0.104. The molecule has 7 nitrogen and oxygen atoms in total. The molecular weight excluding hydrogens is 308 g/mol. The maximum absolute atomic E-state index is 11.8. The summed E-state index contributed by atoms with van der Waals surface area (Å²) in [5.41, 5.74) is 1.31. The van der Waals surface area contributed by atoms with Crippen LogP contribution in [0.5, 0.6) is 0 Å². The Balaban J connectivity index is 1.74. The molecule has 24 heavy (non-hydrogen) atoms. The molecule has 1 heterocycles. The third-order valence-corrected chi connectivity index (χ3v) is 3.63. The third-order valence-electron chi connectivity index (χ3n) is 3.63. The molecule has 0 spiro atoms. The van der Waals surface area contributed by atoms with E-state index in [1.54, 1.807) is 0 Å². The van der Waals surface area contributed by atoms with Crippen LogP contribution in [0, 0.1) is 0 Å². The second-order valence-electron chi connectivity index (χ2n) is 5.75. The van der Waals surface area contributed by atoms with E-state index in [0.29, 0.717) is 6.54 Å². The number of nitrogens with one attached hydrogen (secondary N) is 2. The minimum Gasteiger partial charge on any atom is -0.378 e. The lowest BCUT2D eigenvalue weighted by molar-refractivity contribution is -0.121. The van der Waals surface area contributed by atoms with Gasteiger partial charge in [0.25, 0.3) is 5.56 Å². The van der Waals surface area contributed by atoms with Gasteiger partial charge in [-0.15, -0.1) is 0 Å². The number of anilines is 1. The van der Waals surface area contributed by atoms with Crippen molar-refractivity contribution in [2.45, 2.75) is 19.4 Å². The van der Waals surface area contributed by atoms with Crippen molar-refractivity contribution < 1.29 is 4.79 Å². The molecular formula is C17H22N4O3. The number of benzene rings is 1. The Bertz CT molecular complexity index is 790. The molecule has 0 bridgehead atoms. The van der Waals surface area contributed by atoms with Gasteiger partial charge in [-0.2, -0.15) is 0 Å². The summed E-state index contributed by atoms with van der Waals surface area (Å²) in [5, 5.41) is 2.77. The van der Waals surface area contributed by atoms with Crippen molar-refractivity contribution in [1.82, 2.24) is 14.9 Å².